The monoisotopic (exact) mass is 270 g/mol. The standard InChI is InChI=1S/C11H17F3O2S/c1-2-3-4-5-6-7-8-9-10-17(15,16)11(12,13)14/h2-8H2,1H3. The molecule has 0 bridgehead atoms. The van der Waals surface area contributed by atoms with E-state index in [1.165, 1.54) is 5.25 Å². The molecule has 0 radical (unpaired) electrons. The largest absolute Gasteiger partial charge is 0.509 e. The van der Waals surface area contributed by atoms with Crippen LogP contribution in [0.1, 0.15) is 51.9 Å². The number of hydrogen-bond acceptors (Lipinski definition) is 2. The van der Waals surface area contributed by atoms with Crippen LogP contribution in [-0.2, 0) is 9.84 Å². The summed E-state index contributed by atoms with van der Waals surface area (Å²) in [6.07, 6.45) is 6.11. The summed E-state index contributed by atoms with van der Waals surface area (Å²) >= 11 is 0. The van der Waals surface area contributed by atoms with E-state index in [1.807, 2.05) is 0 Å². The van der Waals surface area contributed by atoms with Crippen LogP contribution in [0.5, 0.6) is 0 Å². The fourth-order valence-electron chi connectivity index (χ4n) is 1.20. The smallest absolute Gasteiger partial charge is 0.206 e. The Bertz CT molecular complexity index is 360. The molecule has 0 aromatic carbocycles. The first kappa shape index (κ1) is 16.3. The maximum Gasteiger partial charge on any atom is 0.509 e. The summed E-state index contributed by atoms with van der Waals surface area (Å²) in [6, 6.07) is 0. The van der Waals surface area contributed by atoms with Crippen LogP contribution in [0.15, 0.2) is 0 Å². The highest BCUT2D eigenvalue weighted by atomic mass is 32.2. The van der Waals surface area contributed by atoms with Crippen molar-refractivity contribution in [1.82, 2.24) is 0 Å². The molecule has 0 fully saturated rings. The Balaban J connectivity index is 3.84. The van der Waals surface area contributed by atoms with E-state index in [9.17, 15) is 21.6 Å². The van der Waals surface area contributed by atoms with Gasteiger partial charge in [0, 0.05) is 11.7 Å². The van der Waals surface area contributed by atoms with Crippen LogP contribution in [0.3, 0.4) is 0 Å². The van der Waals surface area contributed by atoms with Crippen molar-refractivity contribution in [3.8, 4) is 11.2 Å². The Morgan fingerprint density at radius 2 is 1.53 bits per heavy atom. The summed E-state index contributed by atoms with van der Waals surface area (Å²) in [5.41, 5.74) is -5.26. The summed E-state index contributed by atoms with van der Waals surface area (Å²) < 4.78 is 56.6. The fourth-order valence-corrected chi connectivity index (χ4v) is 1.61. The Morgan fingerprint density at radius 3 is 2.06 bits per heavy atom. The average molecular weight is 270 g/mol. The minimum Gasteiger partial charge on any atom is -0.206 e. The van der Waals surface area contributed by atoms with E-state index in [4.69, 9.17) is 0 Å². The topological polar surface area (TPSA) is 34.1 Å². The second-order valence-corrected chi connectivity index (χ2v) is 5.42. The lowest BCUT2D eigenvalue weighted by molar-refractivity contribution is -0.0420. The van der Waals surface area contributed by atoms with Gasteiger partial charge < -0.3 is 0 Å². The molecule has 0 spiro atoms. The Morgan fingerprint density at radius 1 is 1.00 bits per heavy atom. The van der Waals surface area contributed by atoms with E-state index >= 15 is 0 Å². The van der Waals surface area contributed by atoms with Gasteiger partial charge in [-0.05, 0) is 6.42 Å². The van der Waals surface area contributed by atoms with Gasteiger partial charge in [0.25, 0.3) is 0 Å². The number of hydrogen-bond donors (Lipinski definition) is 0. The van der Waals surface area contributed by atoms with E-state index in [-0.39, 0.29) is 6.42 Å². The zero-order chi connectivity index (χ0) is 13.4. The summed E-state index contributed by atoms with van der Waals surface area (Å²) in [7, 11) is -5.26. The van der Waals surface area contributed by atoms with Crippen molar-refractivity contribution in [2.45, 2.75) is 57.4 Å². The number of rotatable bonds is 6. The van der Waals surface area contributed by atoms with Crippen molar-refractivity contribution >= 4 is 9.84 Å². The van der Waals surface area contributed by atoms with E-state index in [0.717, 1.165) is 32.1 Å². The Labute approximate surface area is 101 Å². The highest BCUT2D eigenvalue weighted by Crippen LogP contribution is 2.22. The third kappa shape index (κ3) is 7.27. The Kier molecular flexibility index (Phi) is 7.28. The van der Waals surface area contributed by atoms with Gasteiger partial charge in [0.1, 0.15) is 0 Å². The first-order valence-electron chi connectivity index (χ1n) is 5.62. The molecule has 0 heterocycles. The molecule has 17 heavy (non-hydrogen) atoms. The molecule has 0 aliphatic carbocycles. The summed E-state index contributed by atoms with van der Waals surface area (Å²) in [6.45, 7) is 2.09. The second-order valence-electron chi connectivity index (χ2n) is 3.75. The molecule has 0 amide bonds. The highest BCUT2D eigenvalue weighted by molar-refractivity contribution is 7.96. The number of sulfone groups is 1. The predicted octanol–water partition coefficient (Wildman–Crippen LogP) is 3.63. The molecule has 0 N–H and O–H groups in total. The molecule has 0 aliphatic rings. The van der Waals surface area contributed by atoms with Gasteiger partial charge >= 0.3 is 15.3 Å². The van der Waals surface area contributed by atoms with Crippen LogP contribution in [0.25, 0.3) is 0 Å². The normalized spacial score (nSPS) is 12.0. The summed E-state index contributed by atoms with van der Waals surface area (Å²) in [5.74, 6) is 2.07. The van der Waals surface area contributed by atoms with Crippen LogP contribution < -0.4 is 0 Å². The molecule has 0 aliphatic heterocycles. The van der Waals surface area contributed by atoms with Crippen LogP contribution in [0, 0.1) is 11.2 Å². The maximum atomic E-state index is 11.9. The lowest BCUT2D eigenvalue weighted by Crippen LogP contribution is -2.20. The van der Waals surface area contributed by atoms with Crippen molar-refractivity contribution < 1.29 is 21.6 Å². The molecular formula is C11H17F3O2S. The summed E-state index contributed by atoms with van der Waals surface area (Å²) in [4.78, 5) is 0. The van der Waals surface area contributed by atoms with Crippen LogP contribution >= 0.6 is 0 Å². The van der Waals surface area contributed by atoms with E-state index in [2.05, 4.69) is 12.8 Å². The molecule has 100 valence electrons. The van der Waals surface area contributed by atoms with Crippen molar-refractivity contribution in [1.29, 1.82) is 0 Å². The zero-order valence-corrected chi connectivity index (χ0v) is 10.6. The molecule has 0 rings (SSSR count). The van der Waals surface area contributed by atoms with Gasteiger partial charge in [0.05, 0.1) is 0 Å². The molecule has 0 aromatic rings. The second kappa shape index (κ2) is 7.59. The van der Waals surface area contributed by atoms with E-state index in [0.29, 0.717) is 6.42 Å². The number of halogens is 3. The van der Waals surface area contributed by atoms with E-state index in [1.54, 1.807) is 0 Å². The van der Waals surface area contributed by atoms with Gasteiger partial charge in [-0.2, -0.15) is 13.2 Å². The molecule has 6 heteroatoms. The lowest BCUT2D eigenvalue weighted by Gasteiger charge is -1.99. The third-order valence-corrected chi connectivity index (χ3v) is 3.19. The van der Waals surface area contributed by atoms with Gasteiger partial charge in [-0.1, -0.05) is 44.9 Å². The quantitative estimate of drug-likeness (QED) is 0.419. The molecule has 0 saturated carbocycles. The van der Waals surface area contributed by atoms with Gasteiger partial charge in [-0.3, -0.25) is 0 Å². The van der Waals surface area contributed by atoms with Crippen LogP contribution in [0.2, 0.25) is 0 Å². The molecule has 0 saturated heterocycles. The van der Waals surface area contributed by atoms with Crippen LogP contribution in [0.4, 0.5) is 13.2 Å². The maximum absolute atomic E-state index is 11.9. The van der Waals surface area contributed by atoms with Gasteiger partial charge in [0.2, 0.25) is 0 Å². The minimum absolute atomic E-state index is 0.196. The molecule has 0 unspecified atom stereocenters. The first-order chi connectivity index (χ1) is 7.81. The number of alkyl halides is 3. The number of unbranched alkanes of at least 4 members (excludes halogenated alkanes) is 6. The molecule has 0 atom stereocenters. The fraction of sp³-hybridized carbons (Fsp3) is 0.818. The predicted molar refractivity (Wildman–Crippen MR) is 60.7 cm³/mol. The highest BCUT2D eigenvalue weighted by Gasteiger charge is 2.44. The van der Waals surface area contributed by atoms with Crippen molar-refractivity contribution in [3.05, 3.63) is 0 Å². The zero-order valence-electron chi connectivity index (χ0n) is 9.81. The SMILES string of the molecule is CCCCCCCCC#CS(=O)(=O)C(F)(F)F. The van der Waals surface area contributed by atoms with Gasteiger partial charge in [-0.15, -0.1) is 0 Å². The van der Waals surface area contributed by atoms with E-state index < -0.39 is 15.3 Å². The molecule has 2 nitrogen and oxygen atoms in total. The Hall–Kier alpha value is -0.700. The van der Waals surface area contributed by atoms with Gasteiger partial charge in [-0.25, -0.2) is 8.42 Å². The first-order valence-corrected chi connectivity index (χ1v) is 7.10. The average Bonchev–Trinajstić information content (AvgIpc) is 2.20. The van der Waals surface area contributed by atoms with Crippen molar-refractivity contribution in [2.75, 3.05) is 0 Å². The molecular weight excluding hydrogens is 253 g/mol. The van der Waals surface area contributed by atoms with Crippen LogP contribution in [-0.4, -0.2) is 13.9 Å². The van der Waals surface area contributed by atoms with Crippen molar-refractivity contribution in [3.63, 3.8) is 0 Å². The lowest BCUT2D eigenvalue weighted by atomic mass is 10.1. The van der Waals surface area contributed by atoms with Gasteiger partial charge in [0.15, 0.2) is 0 Å². The summed E-state index contributed by atoms with van der Waals surface area (Å²) in [5, 5.41) is 1.30. The molecule has 0 aromatic heterocycles. The minimum atomic E-state index is -5.26. The van der Waals surface area contributed by atoms with Crippen molar-refractivity contribution in [2.24, 2.45) is 0 Å². The third-order valence-electron chi connectivity index (χ3n) is 2.17.